The molecule has 0 aliphatic rings. The minimum Gasteiger partial charge on any atom is -0.494 e. The van der Waals surface area contributed by atoms with E-state index >= 15 is 0 Å². The largest absolute Gasteiger partial charge is 0.494 e. The van der Waals surface area contributed by atoms with Crippen LogP contribution in [-0.4, -0.2) is 35.1 Å². The third-order valence-electron chi connectivity index (χ3n) is 5.21. The third-order valence-corrected chi connectivity index (χ3v) is 6.23. The van der Waals surface area contributed by atoms with Gasteiger partial charge in [-0.1, -0.05) is 12.1 Å². The topological polar surface area (TPSA) is 99.5 Å². The first-order valence-electron chi connectivity index (χ1n) is 10.6. The zero-order chi connectivity index (χ0) is 24.2. The summed E-state index contributed by atoms with van der Waals surface area (Å²) in [6.45, 7) is 4.25. The SMILES string of the molecule is CCOc1ccc(-c2c(C)sc3ncn(CC(=O)Nc4ccc(C(=O)OC)cc4)c(=O)c23)cc1. The average molecular weight is 478 g/mol. The number of rotatable bonds is 7. The first kappa shape index (κ1) is 23.2. The Morgan fingerprint density at radius 3 is 2.44 bits per heavy atom. The second-order valence-electron chi connectivity index (χ2n) is 7.47. The first-order chi connectivity index (χ1) is 16.4. The molecule has 4 rings (SSSR count). The number of nitrogens with zero attached hydrogens (tertiary/aromatic N) is 2. The number of esters is 1. The number of carbonyl (C=O) groups is 2. The lowest BCUT2D eigenvalue weighted by atomic mass is 10.0. The van der Waals surface area contributed by atoms with E-state index in [2.05, 4.69) is 15.0 Å². The van der Waals surface area contributed by atoms with Crippen molar-refractivity contribution in [2.75, 3.05) is 19.0 Å². The summed E-state index contributed by atoms with van der Waals surface area (Å²) in [5.74, 6) is -0.0860. The number of benzene rings is 2. The molecule has 174 valence electrons. The Morgan fingerprint density at radius 1 is 1.09 bits per heavy atom. The number of thiophene rings is 1. The van der Waals surface area contributed by atoms with Crippen LogP contribution in [0.25, 0.3) is 21.3 Å². The minimum absolute atomic E-state index is 0.196. The molecular formula is C25H23N3O5S. The van der Waals surface area contributed by atoms with Crippen LogP contribution < -0.4 is 15.6 Å². The lowest BCUT2D eigenvalue weighted by molar-refractivity contribution is -0.116. The molecule has 1 amide bonds. The van der Waals surface area contributed by atoms with Gasteiger partial charge in [-0.3, -0.25) is 14.2 Å². The van der Waals surface area contributed by atoms with E-state index < -0.39 is 5.97 Å². The van der Waals surface area contributed by atoms with Gasteiger partial charge in [-0.2, -0.15) is 0 Å². The molecule has 2 aromatic carbocycles. The molecule has 34 heavy (non-hydrogen) atoms. The lowest BCUT2D eigenvalue weighted by Crippen LogP contribution is -2.27. The van der Waals surface area contributed by atoms with E-state index in [0.717, 1.165) is 21.8 Å². The molecule has 0 aliphatic heterocycles. The highest BCUT2D eigenvalue weighted by molar-refractivity contribution is 7.19. The maximum Gasteiger partial charge on any atom is 0.337 e. The number of anilines is 1. The molecule has 9 heteroatoms. The molecule has 0 atom stereocenters. The highest BCUT2D eigenvalue weighted by Crippen LogP contribution is 2.36. The van der Waals surface area contributed by atoms with Crippen LogP contribution in [0, 0.1) is 6.92 Å². The van der Waals surface area contributed by atoms with Crippen LogP contribution in [0.3, 0.4) is 0 Å². The number of hydrogen-bond acceptors (Lipinski definition) is 7. The van der Waals surface area contributed by atoms with Crippen molar-refractivity contribution in [1.29, 1.82) is 0 Å². The average Bonchev–Trinajstić information content (AvgIpc) is 3.18. The normalized spacial score (nSPS) is 10.8. The van der Waals surface area contributed by atoms with Crippen LogP contribution in [0.5, 0.6) is 5.75 Å². The Balaban J connectivity index is 1.59. The summed E-state index contributed by atoms with van der Waals surface area (Å²) in [5.41, 5.74) is 2.30. The second kappa shape index (κ2) is 9.88. The smallest absolute Gasteiger partial charge is 0.337 e. The molecule has 1 N–H and O–H groups in total. The lowest BCUT2D eigenvalue weighted by Gasteiger charge is -2.09. The summed E-state index contributed by atoms with van der Waals surface area (Å²) in [6.07, 6.45) is 1.39. The van der Waals surface area contributed by atoms with Crippen molar-refractivity contribution in [1.82, 2.24) is 9.55 Å². The Bertz CT molecular complexity index is 1410. The van der Waals surface area contributed by atoms with Crippen molar-refractivity contribution >= 4 is 39.1 Å². The van der Waals surface area contributed by atoms with Gasteiger partial charge in [0.2, 0.25) is 5.91 Å². The van der Waals surface area contributed by atoms with Crippen LogP contribution in [0.4, 0.5) is 5.69 Å². The van der Waals surface area contributed by atoms with Gasteiger partial charge < -0.3 is 14.8 Å². The molecule has 0 bridgehead atoms. The number of fused-ring (bicyclic) bond motifs is 1. The van der Waals surface area contributed by atoms with Crippen molar-refractivity contribution < 1.29 is 19.1 Å². The highest BCUT2D eigenvalue weighted by Gasteiger charge is 2.18. The maximum absolute atomic E-state index is 13.3. The van der Waals surface area contributed by atoms with Crippen LogP contribution in [0.2, 0.25) is 0 Å². The third kappa shape index (κ3) is 4.69. The van der Waals surface area contributed by atoms with Crippen molar-refractivity contribution in [3.63, 3.8) is 0 Å². The quantitative estimate of drug-likeness (QED) is 0.400. The molecule has 4 aromatic rings. The number of ether oxygens (including phenoxy) is 2. The Kier molecular flexibility index (Phi) is 6.74. The number of aryl methyl sites for hydroxylation is 1. The van der Waals surface area contributed by atoms with Gasteiger partial charge in [0.05, 0.1) is 31.0 Å². The molecule has 0 fully saturated rings. The number of carbonyl (C=O) groups excluding carboxylic acids is 2. The predicted molar refractivity (Wildman–Crippen MR) is 132 cm³/mol. The summed E-state index contributed by atoms with van der Waals surface area (Å²) in [4.78, 5) is 43.5. The summed E-state index contributed by atoms with van der Waals surface area (Å²) in [5, 5.41) is 3.22. The van der Waals surface area contributed by atoms with Gasteiger partial charge in [0.15, 0.2) is 0 Å². The Morgan fingerprint density at radius 2 is 1.79 bits per heavy atom. The Hall–Kier alpha value is -3.98. The molecule has 0 aliphatic carbocycles. The van der Waals surface area contributed by atoms with Gasteiger partial charge in [0.25, 0.3) is 5.56 Å². The molecule has 0 saturated carbocycles. The van der Waals surface area contributed by atoms with Crippen molar-refractivity contribution in [3.8, 4) is 16.9 Å². The van der Waals surface area contributed by atoms with Crippen molar-refractivity contribution in [2.24, 2.45) is 0 Å². The molecule has 2 heterocycles. The van der Waals surface area contributed by atoms with E-state index in [9.17, 15) is 14.4 Å². The van der Waals surface area contributed by atoms with E-state index in [1.807, 2.05) is 38.1 Å². The van der Waals surface area contributed by atoms with E-state index in [0.29, 0.717) is 28.1 Å². The zero-order valence-electron chi connectivity index (χ0n) is 19.0. The van der Waals surface area contributed by atoms with Crippen molar-refractivity contribution in [3.05, 3.63) is 75.7 Å². The van der Waals surface area contributed by atoms with E-state index in [1.165, 1.54) is 29.3 Å². The standard InChI is InChI=1S/C25H23N3O5S/c1-4-33-19-11-7-16(8-12-19)21-15(2)34-23-22(21)24(30)28(14-26-23)13-20(29)27-18-9-5-17(6-10-18)25(31)32-3/h5-12,14H,4,13H2,1-3H3,(H,27,29). The molecule has 0 unspecified atom stereocenters. The number of aromatic nitrogens is 2. The number of nitrogens with one attached hydrogen (secondary N) is 1. The van der Waals surface area contributed by atoms with E-state index in [-0.39, 0.29) is 18.0 Å². The molecule has 8 nitrogen and oxygen atoms in total. The summed E-state index contributed by atoms with van der Waals surface area (Å²) in [7, 11) is 1.30. The molecule has 0 radical (unpaired) electrons. The van der Waals surface area contributed by atoms with E-state index in [1.54, 1.807) is 24.3 Å². The molecule has 2 aromatic heterocycles. The maximum atomic E-state index is 13.3. The van der Waals surface area contributed by atoms with Crippen LogP contribution in [0.1, 0.15) is 22.2 Å². The van der Waals surface area contributed by atoms with Gasteiger partial charge in [0, 0.05) is 16.1 Å². The fourth-order valence-corrected chi connectivity index (χ4v) is 4.65. The molecule has 0 saturated heterocycles. The number of hydrogen-bond donors (Lipinski definition) is 1. The van der Waals surface area contributed by atoms with E-state index in [4.69, 9.17) is 4.74 Å². The summed E-state index contributed by atoms with van der Waals surface area (Å²) in [6, 6.07) is 13.9. The molecular weight excluding hydrogens is 454 g/mol. The second-order valence-corrected chi connectivity index (χ2v) is 8.67. The minimum atomic E-state index is -0.460. The van der Waals surface area contributed by atoms with Gasteiger partial charge >= 0.3 is 5.97 Å². The van der Waals surface area contributed by atoms with Gasteiger partial charge in [0.1, 0.15) is 17.1 Å². The van der Waals surface area contributed by atoms with Gasteiger partial charge in [-0.05, 0) is 55.8 Å². The van der Waals surface area contributed by atoms with Crippen molar-refractivity contribution in [2.45, 2.75) is 20.4 Å². The zero-order valence-corrected chi connectivity index (χ0v) is 19.8. The predicted octanol–water partition coefficient (Wildman–Crippen LogP) is 4.26. The monoisotopic (exact) mass is 477 g/mol. The fraction of sp³-hybridized carbons (Fsp3) is 0.200. The van der Waals surface area contributed by atoms with Gasteiger partial charge in [-0.25, -0.2) is 9.78 Å². The summed E-state index contributed by atoms with van der Waals surface area (Å²) < 4.78 is 11.5. The van der Waals surface area contributed by atoms with Gasteiger partial charge in [-0.15, -0.1) is 11.3 Å². The Labute approximate surface area is 199 Å². The highest BCUT2D eigenvalue weighted by atomic mass is 32.1. The number of methoxy groups -OCH3 is 1. The molecule has 0 spiro atoms. The fourth-order valence-electron chi connectivity index (χ4n) is 3.64. The van der Waals surface area contributed by atoms with Crippen LogP contribution >= 0.6 is 11.3 Å². The number of amides is 1. The van der Waals surface area contributed by atoms with Crippen LogP contribution in [0.15, 0.2) is 59.7 Å². The first-order valence-corrected chi connectivity index (χ1v) is 11.4. The summed E-state index contributed by atoms with van der Waals surface area (Å²) >= 11 is 1.44. The van der Waals surface area contributed by atoms with Crippen LogP contribution in [-0.2, 0) is 16.1 Å².